The maximum absolute atomic E-state index is 11.7. The number of ether oxygens (including phenoxy) is 1. The van der Waals surface area contributed by atoms with E-state index in [0.717, 1.165) is 19.3 Å². The molecule has 5 heteroatoms. The molecule has 0 aromatic heterocycles. The summed E-state index contributed by atoms with van der Waals surface area (Å²) in [5.74, 6) is -0.378. The second kappa shape index (κ2) is 15.7. The lowest BCUT2D eigenvalue weighted by atomic mass is 10.1. The van der Waals surface area contributed by atoms with Crippen LogP contribution in [-0.4, -0.2) is 45.7 Å². The van der Waals surface area contributed by atoms with Gasteiger partial charge >= 0.3 is 5.97 Å². The van der Waals surface area contributed by atoms with E-state index >= 15 is 0 Å². The zero-order valence-electron chi connectivity index (χ0n) is 17.1. The number of allylic oxidation sites excluding steroid dienone is 7. The summed E-state index contributed by atoms with van der Waals surface area (Å²) in [7, 11) is 0. The molecule has 0 aliphatic carbocycles. The van der Waals surface area contributed by atoms with Crippen LogP contribution in [-0.2, 0) is 9.53 Å². The smallest absolute Gasteiger partial charge is 0.331 e. The lowest BCUT2D eigenvalue weighted by Crippen LogP contribution is -2.14. The molecule has 0 bridgehead atoms. The van der Waals surface area contributed by atoms with Crippen molar-refractivity contribution in [1.29, 1.82) is 0 Å². The summed E-state index contributed by atoms with van der Waals surface area (Å²) in [6.07, 6.45) is 22.2. The van der Waals surface area contributed by atoms with Gasteiger partial charge in [-0.05, 0) is 39.0 Å². The molecule has 1 rings (SSSR count). The van der Waals surface area contributed by atoms with Gasteiger partial charge in [-0.15, -0.1) is 0 Å². The number of carbonyl (C=O) groups excluding carboxylic acids is 1. The summed E-state index contributed by atoms with van der Waals surface area (Å²) in [4.78, 5) is 11.7. The van der Waals surface area contributed by atoms with E-state index < -0.39 is 18.3 Å². The van der Waals surface area contributed by atoms with Gasteiger partial charge in [0.1, 0.15) is 0 Å². The maximum atomic E-state index is 11.7. The van der Waals surface area contributed by atoms with Crippen molar-refractivity contribution in [2.45, 2.75) is 69.9 Å². The van der Waals surface area contributed by atoms with Crippen molar-refractivity contribution in [2.24, 2.45) is 0 Å². The van der Waals surface area contributed by atoms with Gasteiger partial charge < -0.3 is 20.1 Å². The predicted molar refractivity (Wildman–Crippen MR) is 116 cm³/mol. The van der Waals surface area contributed by atoms with Crippen LogP contribution in [0.25, 0.3) is 0 Å². The molecule has 0 radical (unpaired) electrons. The van der Waals surface area contributed by atoms with Crippen molar-refractivity contribution in [3.05, 3.63) is 72.9 Å². The zero-order chi connectivity index (χ0) is 21.3. The van der Waals surface area contributed by atoms with E-state index in [-0.39, 0.29) is 18.5 Å². The van der Waals surface area contributed by atoms with E-state index in [2.05, 4.69) is 0 Å². The van der Waals surface area contributed by atoms with Gasteiger partial charge in [0.15, 0.2) is 0 Å². The molecule has 0 fully saturated rings. The van der Waals surface area contributed by atoms with Crippen molar-refractivity contribution in [1.82, 2.24) is 0 Å². The fourth-order valence-electron chi connectivity index (χ4n) is 2.66. The molecule has 5 nitrogen and oxygen atoms in total. The summed E-state index contributed by atoms with van der Waals surface area (Å²) in [6, 6.07) is 0. The van der Waals surface area contributed by atoms with Gasteiger partial charge in [0.25, 0.3) is 0 Å². The van der Waals surface area contributed by atoms with Crippen molar-refractivity contribution in [3.8, 4) is 0 Å². The minimum absolute atomic E-state index is 0.158. The summed E-state index contributed by atoms with van der Waals surface area (Å²) in [6.45, 7) is 1.87. The van der Waals surface area contributed by atoms with Gasteiger partial charge in [-0.1, -0.05) is 66.8 Å². The minimum atomic E-state index is -0.703. The quantitative estimate of drug-likeness (QED) is 0.538. The molecule has 1 aliphatic heterocycles. The van der Waals surface area contributed by atoms with Crippen molar-refractivity contribution >= 4 is 5.97 Å². The first-order chi connectivity index (χ1) is 14.0. The molecule has 160 valence electrons. The number of cyclic esters (lactones) is 1. The van der Waals surface area contributed by atoms with Crippen LogP contribution in [0.4, 0.5) is 0 Å². The third-order valence-electron chi connectivity index (χ3n) is 4.24. The zero-order valence-corrected chi connectivity index (χ0v) is 17.1. The van der Waals surface area contributed by atoms with E-state index in [1.54, 1.807) is 54.7 Å². The summed E-state index contributed by atoms with van der Waals surface area (Å²) in [5, 5.41) is 29.8. The van der Waals surface area contributed by atoms with E-state index in [1.807, 2.05) is 19.1 Å². The second-order valence-corrected chi connectivity index (χ2v) is 7.09. The molecule has 0 saturated heterocycles. The topological polar surface area (TPSA) is 87.0 Å². The van der Waals surface area contributed by atoms with Crippen LogP contribution in [0.2, 0.25) is 0 Å². The van der Waals surface area contributed by atoms with Gasteiger partial charge in [0, 0.05) is 12.5 Å². The van der Waals surface area contributed by atoms with Crippen LogP contribution in [0, 0.1) is 0 Å². The largest absolute Gasteiger partial charge is 0.460 e. The molecule has 0 aromatic carbocycles. The van der Waals surface area contributed by atoms with Crippen LogP contribution in [0.15, 0.2) is 72.9 Å². The van der Waals surface area contributed by atoms with E-state index in [9.17, 15) is 20.1 Å². The number of aliphatic hydroxyl groups is 3. The molecular formula is C24H34O5. The average molecular weight is 403 g/mol. The fraction of sp³-hybridized carbons (Fsp3) is 0.458. The first-order valence-corrected chi connectivity index (χ1v) is 10.2. The Morgan fingerprint density at radius 3 is 2.31 bits per heavy atom. The van der Waals surface area contributed by atoms with Crippen LogP contribution in [0.5, 0.6) is 0 Å². The van der Waals surface area contributed by atoms with Gasteiger partial charge in [0.2, 0.25) is 0 Å². The highest BCUT2D eigenvalue weighted by Crippen LogP contribution is 2.08. The van der Waals surface area contributed by atoms with Gasteiger partial charge in [0.05, 0.1) is 24.4 Å². The van der Waals surface area contributed by atoms with Crippen LogP contribution in [0.1, 0.15) is 45.4 Å². The molecule has 0 saturated carbocycles. The average Bonchev–Trinajstić information content (AvgIpc) is 2.65. The fourth-order valence-corrected chi connectivity index (χ4v) is 2.66. The molecule has 29 heavy (non-hydrogen) atoms. The van der Waals surface area contributed by atoms with Gasteiger partial charge in [-0.25, -0.2) is 4.79 Å². The van der Waals surface area contributed by atoms with E-state index in [0.29, 0.717) is 12.8 Å². The van der Waals surface area contributed by atoms with Gasteiger partial charge in [-0.2, -0.15) is 0 Å². The normalized spacial score (nSPS) is 28.8. The molecule has 4 atom stereocenters. The summed E-state index contributed by atoms with van der Waals surface area (Å²) in [5.41, 5.74) is 0. The summed E-state index contributed by atoms with van der Waals surface area (Å²) < 4.78 is 5.31. The highest BCUT2D eigenvalue weighted by molar-refractivity contribution is 5.82. The molecule has 0 amide bonds. The van der Waals surface area contributed by atoms with Crippen molar-refractivity contribution in [2.75, 3.05) is 0 Å². The third kappa shape index (κ3) is 14.4. The molecule has 0 aromatic rings. The highest BCUT2D eigenvalue weighted by Gasteiger charge is 2.07. The Bertz CT molecular complexity index is 627. The summed E-state index contributed by atoms with van der Waals surface area (Å²) >= 11 is 0. The standard InChI is InChI=1S/C24H34O5/c1-20-13-7-3-2-4-8-16-22(26)19-23(27)17-11-5-9-14-21(25)15-10-6-12-18-24(28)29-20/h2,4-6,8-12,14,16,18,20-23,25-27H,3,7,13,15,17,19H2,1H3/t20?,21-,22+,23+/m1/s1. The monoisotopic (exact) mass is 402 g/mol. The Kier molecular flexibility index (Phi) is 13.4. The molecule has 0 spiro atoms. The van der Waals surface area contributed by atoms with E-state index in [1.165, 1.54) is 6.08 Å². The van der Waals surface area contributed by atoms with E-state index in [4.69, 9.17) is 4.74 Å². The Morgan fingerprint density at radius 2 is 1.52 bits per heavy atom. The lowest BCUT2D eigenvalue weighted by Gasteiger charge is -2.10. The number of hydrogen-bond donors (Lipinski definition) is 3. The molecule has 1 aliphatic rings. The third-order valence-corrected chi connectivity index (χ3v) is 4.24. The maximum Gasteiger partial charge on any atom is 0.331 e. The minimum Gasteiger partial charge on any atom is -0.460 e. The number of esters is 1. The Hall–Kier alpha value is -2.21. The molecule has 1 unspecified atom stereocenters. The number of aliphatic hydroxyl groups excluding tert-OH is 3. The number of rotatable bonds is 0. The first kappa shape index (κ1) is 24.8. The number of carbonyl (C=O) groups is 1. The lowest BCUT2D eigenvalue weighted by molar-refractivity contribution is -0.142. The van der Waals surface area contributed by atoms with Crippen LogP contribution < -0.4 is 0 Å². The Balaban J connectivity index is 2.66. The molecule has 3 N–H and O–H groups in total. The predicted octanol–water partition coefficient (Wildman–Crippen LogP) is 3.69. The van der Waals surface area contributed by atoms with Crippen LogP contribution in [0.3, 0.4) is 0 Å². The van der Waals surface area contributed by atoms with Crippen LogP contribution >= 0.6 is 0 Å². The highest BCUT2D eigenvalue weighted by atomic mass is 16.5. The molecular weight excluding hydrogens is 368 g/mol. The van der Waals surface area contributed by atoms with Gasteiger partial charge in [-0.3, -0.25) is 0 Å². The first-order valence-electron chi connectivity index (χ1n) is 10.2. The number of hydrogen-bond acceptors (Lipinski definition) is 5. The second-order valence-electron chi connectivity index (χ2n) is 7.09. The molecule has 1 heterocycles. The SMILES string of the molecule is CC1CCCC=CC=C[C@H](O)C[C@@H](O)CC=CC=C[C@@H](O)CC=CC=CC(=O)O1. The van der Waals surface area contributed by atoms with Crippen molar-refractivity contribution < 1.29 is 24.9 Å². The Morgan fingerprint density at radius 1 is 0.862 bits per heavy atom. The van der Waals surface area contributed by atoms with Crippen molar-refractivity contribution in [3.63, 3.8) is 0 Å². The Labute approximate surface area is 174 Å².